The average molecular weight is 344 g/mol. The van der Waals surface area contributed by atoms with Gasteiger partial charge in [-0.1, -0.05) is 11.6 Å². The van der Waals surface area contributed by atoms with Crippen LogP contribution in [0.3, 0.4) is 0 Å². The molecule has 0 atom stereocenters. The predicted octanol–water partition coefficient (Wildman–Crippen LogP) is 3.04. The molecule has 124 valence electrons. The van der Waals surface area contributed by atoms with Crippen LogP contribution in [-0.4, -0.2) is 28.6 Å². The number of aryl methyl sites for hydroxylation is 2. The van der Waals surface area contributed by atoms with Gasteiger partial charge in [-0.3, -0.25) is 9.36 Å². The number of hydrogen-bond acceptors (Lipinski definition) is 5. The van der Waals surface area contributed by atoms with Crippen LogP contribution in [0.5, 0.6) is 0 Å². The summed E-state index contributed by atoms with van der Waals surface area (Å²) in [6, 6.07) is 5.53. The third kappa shape index (κ3) is 2.49. The minimum Gasteiger partial charge on any atom is -0.388 e. The number of nitrogens with zero attached hydrogens (tertiary/aromatic N) is 3. The van der Waals surface area contributed by atoms with Gasteiger partial charge in [0.05, 0.1) is 5.56 Å². The quantitative estimate of drug-likeness (QED) is 0.764. The Morgan fingerprint density at radius 3 is 2.62 bits per heavy atom. The molecule has 6 nitrogen and oxygen atoms in total. The van der Waals surface area contributed by atoms with Gasteiger partial charge in [-0.25, -0.2) is 4.98 Å². The molecular weight excluding hydrogens is 326 g/mol. The molecule has 0 saturated heterocycles. The van der Waals surface area contributed by atoms with Crippen molar-refractivity contribution in [1.82, 2.24) is 14.5 Å². The maximum Gasteiger partial charge on any atom is 0.260 e. The molecule has 1 aromatic carbocycles. The molecule has 2 N–H and O–H groups in total. The van der Waals surface area contributed by atoms with Crippen molar-refractivity contribution in [3.8, 4) is 11.1 Å². The second-order valence-corrected chi connectivity index (χ2v) is 5.90. The third-order valence-corrected chi connectivity index (χ3v) is 4.46. The fraction of sp³-hybridized carbons (Fsp3) is 0.235. The number of benzene rings is 1. The first-order chi connectivity index (χ1) is 11.5. The largest absolute Gasteiger partial charge is 0.388 e. The van der Waals surface area contributed by atoms with Gasteiger partial charge in [0.25, 0.3) is 5.56 Å². The Hall–Kier alpha value is -2.60. The zero-order chi connectivity index (χ0) is 17.4. The summed E-state index contributed by atoms with van der Waals surface area (Å²) in [6.45, 7) is 1.89. The number of rotatable bonds is 3. The summed E-state index contributed by atoms with van der Waals surface area (Å²) >= 11 is 6.37. The van der Waals surface area contributed by atoms with Crippen LogP contribution >= 0.6 is 11.6 Å². The lowest BCUT2D eigenvalue weighted by atomic mass is 9.99. The van der Waals surface area contributed by atoms with E-state index in [1.165, 1.54) is 4.57 Å². The minimum atomic E-state index is -0.143. The highest BCUT2D eigenvalue weighted by Crippen LogP contribution is 2.32. The van der Waals surface area contributed by atoms with Crippen LogP contribution < -0.4 is 16.2 Å². The summed E-state index contributed by atoms with van der Waals surface area (Å²) in [7, 11) is 5.27. The van der Waals surface area contributed by atoms with Gasteiger partial charge in [-0.15, -0.1) is 0 Å². The zero-order valence-electron chi connectivity index (χ0n) is 13.9. The van der Waals surface area contributed by atoms with E-state index in [1.807, 2.05) is 26.1 Å². The molecule has 0 radical (unpaired) electrons. The Bertz CT molecular complexity index is 996. The summed E-state index contributed by atoms with van der Waals surface area (Å²) in [5, 5.41) is 7.30. The van der Waals surface area contributed by atoms with E-state index in [0.717, 1.165) is 16.6 Å². The van der Waals surface area contributed by atoms with Crippen molar-refractivity contribution < 1.29 is 0 Å². The number of aromatic nitrogens is 3. The lowest BCUT2D eigenvalue weighted by Crippen LogP contribution is -2.22. The molecule has 0 spiro atoms. The lowest BCUT2D eigenvalue weighted by molar-refractivity contribution is 0.883. The Labute approximate surface area is 144 Å². The smallest absolute Gasteiger partial charge is 0.260 e. The Kier molecular flexibility index (Phi) is 4.15. The average Bonchev–Trinajstić information content (AvgIpc) is 2.61. The highest BCUT2D eigenvalue weighted by molar-refractivity contribution is 6.33. The molecule has 0 fully saturated rings. The van der Waals surface area contributed by atoms with Crippen molar-refractivity contribution in [2.45, 2.75) is 6.92 Å². The van der Waals surface area contributed by atoms with E-state index in [9.17, 15) is 4.79 Å². The lowest BCUT2D eigenvalue weighted by Gasteiger charge is -2.14. The second-order valence-electron chi connectivity index (χ2n) is 5.49. The van der Waals surface area contributed by atoms with Gasteiger partial charge in [-0.2, -0.15) is 4.98 Å². The van der Waals surface area contributed by atoms with Crippen molar-refractivity contribution in [2.75, 3.05) is 24.7 Å². The number of pyridine rings is 1. The van der Waals surface area contributed by atoms with Gasteiger partial charge in [0.15, 0.2) is 0 Å². The van der Waals surface area contributed by atoms with Crippen molar-refractivity contribution >= 4 is 34.3 Å². The molecular formula is C17H18ClN5O. The van der Waals surface area contributed by atoms with Crippen LogP contribution in [0.1, 0.15) is 5.56 Å². The predicted molar refractivity (Wildman–Crippen MR) is 99.1 cm³/mol. The van der Waals surface area contributed by atoms with Crippen molar-refractivity contribution in [3.05, 3.63) is 45.3 Å². The number of nitrogens with one attached hydrogen (secondary N) is 2. The van der Waals surface area contributed by atoms with E-state index >= 15 is 0 Å². The molecule has 0 aliphatic rings. The molecule has 0 saturated carbocycles. The minimum absolute atomic E-state index is 0.143. The fourth-order valence-electron chi connectivity index (χ4n) is 2.76. The molecule has 2 heterocycles. The first-order valence-corrected chi connectivity index (χ1v) is 7.87. The van der Waals surface area contributed by atoms with E-state index in [-0.39, 0.29) is 5.56 Å². The molecule has 2 aromatic heterocycles. The van der Waals surface area contributed by atoms with E-state index < -0.39 is 0 Å². The first kappa shape index (κ1) is 16.3. The SMILES string of the molecule is CNc1ccc(Cl)c(-c2c(C)c3cnc(NC)nc3n(C)c2=O)c1. The van der Waals surface area contributed by atoms with Crippen molar-refractivity contribution in [2.24, 2.45) is 7.05 Å². The molecule has 3 aromatic rings. The maximum atomic E-state index is 13.0. The standard InChI is InChI=1S/C17H18ClN5O/c1-9-12-8-21-17(20-3)22-15(12)23(4)16(24)14(9)11-7-10(19-2)5-6-13(11)18/h5-8,19H,1-4H3,(H,20,21,22). The van der Waals surface area contributed by atoms with Gasteiger partial charge in [-0.05, 0) is 30.7 Å². The molecule has 0 unspecified atom stereocenters. The Morgan fingerprint density at radius 2 is 1.96 bits per heavy atom. The van der Waals surface area contributed by atoms with Crippen LogP contribution in [0.25, 0.3) is 22.2 Å². The van der Waals surface area contributed by atoms with E-state index in [4.69, 9.17) is 11.6 Å². The highest BCUT2D eigenvalue weighted by Gasteiger charge is 2.18. The van der Waals surface area contributed by atoms with E-state index in [1.54, 1.807) is 26.4 Å². The first-order valence-electron chi connectivity index (χ1n) is 7.49. The summed E-state index contributed by atoms with van der Waals surface area (Å²) in [5.41, 5.74) is 3.40. The number of anilines is 2. The molecule has 0 amide bonds. The fourth-order valence-corrected chi connectivity index (χ4v) is 2.97. The number of hydrogen-bond donors (Lipinski definition) is 2. The normalized spacial score (nSPS) is 10.9. The molecule has 0 aliphatic heterocycles. The molecule has 0 bridgehead atoms. The van der Waals surface area contributed by atoms with E-state index in [2.05, 4.69) is 20.6 Å². The Balaban J connectivity index is 2.40. The monoisotopic (exact) mass is 343 g/mol. The highest BCUT2D eigenvalue weighted by atomic mass is 35.5. The van der Waals surface area contributed by atoms with Gasteiger partial charge < -0.3 is 10.6 Å². The number of fused-ring (bicyclic) bond motifs is 1. The second kappa shape index (κ2) is 6.13. The van der Waals surface area contributed by atoms with Crippen molar-refractivity contribution in [1.29, 1.82) is 0 Å². The maximum absolute atomic E-state index is 13.0. The molecule has 7 heteroatoms. The third-order valence-electron chi connectivity index (χ3n) is 4.13. The van der Waals surface area contributed by atoms with Crippen LogP contribution in [0.15, 0.2) is 29.2 Å². The summed E-state index contributed by atoms with van der Waals surface area (Å²) in [4.78, 5) is 21.6. The summed E-state index contributed by atoms with van der Waals surface area (Å²) < 4.78 is 1.53. The van der Waals surface area contributed by atoms with Gasteiger partial charge >= 0.3 is 0 Å². The van der Waals surface area contributed by atoms with E-state index in [0.29, 0.717) is 27.7 Å². The van der Waals surface area contributed by atoms with Crippen LogP contribution in [0.2, 0.25) is 5.02 Å². The number of halogens is 1. The van der Waals surface area contributed by atoms with Gasteiger partial charge in [0.1, 0.15) is 5.65 Å². The van der Waals surface area contributed by atoms with Crippen molar-refractivity contribution in [3.63, 3.8) is 0 Å². The topological polar surface area (TPSA) is 71.8 Å². The molecule has 24 heavy (non-hydrogen) atoms. The van der Waals surface area contributed by atoms with Gasteiger partial charge in [0.2, 0.25) is 5.95 Å². The van der Waals surface area contributed by atoms with Crippen LogP contribution in [0.4, 0.5) is 11.6 Å². The van der Waals surface area contributed by atoms with Gasteiger partial charge in [0, 0.05) is 49.0 Å². The van der Waals surface area contributed by atoms with Crippen LogP contribution in [0, 0.1) is 6.92 Å². The van der Waals surface area contributed by atoms with Crippen LogP contribution in [-0.2, 0) is 7.05 Å². The Morgan fingerprint density at radius 1 is 1.21 bits per heavy atom. The molecule has 3 rings (SSSR count). The summed E-state index contributed by atoms with van der Waals surface area (Å²) in [5.74, 6) is 0.472. The summed E-state index contributed by atoms with van der Waals surface area (Å²) in [6.07, 6.45) is 1.72. The zero-order valence-corrected chi connectivity index (χ0v) is 14.7. The molecule has 0 aliphatic carbocycles.